The number of carbonyl (C=O) groups is 2. The number of benzene rings is 6. The van der Waals surface area contributed by atoms with Gasteiger partial charge in [-0.15, -0.1) is 0 Å². The van der Waals surface area contributed by atoms with Gasteiger partial charge in [0.05, 0.1) is 0 Å². The number of ketones is 2. The monoisotopic (exact) mass is 458 g/mol. The minimum absolute atomic E-state index is 0.0910. The fourth-order valence-electron chi connectivity index (χ4n) is 7.11. The van der Waals surface area contributed by atoms with Crippen LogP contribution < -0.4 is 0 Å². The summed E-state index contributed by atoms with van der Waals surface area (Å²) in [6, 6.07) is 25.0. The molecule has 36 heavy (non-hydrogen) atoms. The van der Waals surface area contributed by atoms with Crippen molar-refractivity contribution < 1.29 is 9.59 Å². The van der Waals surface area contributed by atoms with Crippen LogP contribution in [0.5, 0.6) is 0 Å². The van der Waals surface area contributed by atoms with Crippen molar-refractivity contribution in [1.29, 1.82) is 0 Å². The Labute approximate surface area is 206 Å². The number of Topliss-reactive ketones (excluding diaryl/α,β-unsaturated/α-hetero) is 1. The summed E-state index contributed by atoms with van der Waals surface area (Å²) in [6.07, 6.45) is 5.99. The second-order valence-corrected chi connectivity index (χ2v) is 10.2. The summed E-state index contributed by atoms with van der Waals surface area (Å²) < 4.78 is 0. The number of fused-ring (bicyclic) bond motifs is 5. The molecule has 166 valence electrons. The van der Waals surface area contributed by atoms with Gasteiger partial charge >= 0.3 is 0 Å². The lowest BCUT2D eigenvalue weighted by molar-refractivity contribution is 0.103. The van der Waals surface area contributed by atoms with Crippen LogP contribution in [0.3, 0.4) is 0 Å². The molecular weight excluding hydrogens is 440 g/mol. The summed E-state index contributed by atoms with van der Waals surface area (Å²) >= 11 is 0. The van der Waals surface area contributed by atoms with Crippen LogP contribution in [0, 0.1) is 0 Å². The van der Waals surface area contributed by atoms with Crippen LogP contribution in [-0.4, -0.2) is 11.6 Å². The third kappa shape index (κ3) is 1.99. The van der Waals surface area contributed by atoms with Crippen LogP contribution in [0.15, 0.2) is 90.5 Å². The first-order valence-electron chi connectivity index (χ1n) is 12.5. The van der Waals surface area contributed by atoms with Crippen LogP contribution in [0.2, 0.25) is 0 Å². The molecule has 0 amide bonds. The van der Waals surface area contributed by atoms with Crippen molar-refractivity contribution in [2.24, 2.45) is 0 Å². The first kappa shape index (κ1) is 18.7. The summed E-state index contributed by atoms with van der Waals surface area (Å²) in [5.41, 5.74) is 7.70. The zero-order valence-electron chi connectivity index (χ0n) is 19.3. The van der Waals surface area contributed by atoms with E-state index in [-0.39, 0.29) is 11.6 Å². The van der Waals surface area contributed by atoms with E-state index in [4.69, 9.17) is 0 Å². The summed E-state index contributed by atoms with van der Waals surface area (Å²) in [7, 11) is 0. The van der Waals surface area contributed by atoms with E-state index in [0.29, 0.717) is 0 Å². The van der Waals surface area contributed by atoms with Crippen LogP contribution in [0.1, 0.15) is 44.7 Å². The topological polar surface area (TPSA) is 34.1 Å². The van der Waals surface area contributed by atoms with Crippen LogP contribution in [0.4, 0.5) is 0 Å². The SMILES string of the molecule is O=C1C2=C(CCC=C2)c2ccc3c4ccc5c6c(ccc(c7ccc1c2c73)c64)C(=O)c1ccccc1-5. The number of allylic oxidation sites excluding steroid dienone is 4. The first-order chi connectivity index (χ1) is 17.7. The molecule has 0 N–H and O–H groups in total. The van der Waals surface area contributed by atoms with Gasteiger partial charge in [0.15, 0.2) is 11.6 Å². The predicted octanol–water partition coefficient (Wildman–Crippen LogP) is 8.25. The normalized spacial score (nSPS) is 16.0. The van der Waals surface area contributed by atoms with Gasteiger partial charge in [-0.3, -0.25) is 9.59 Å². The zero-order chi connectivity index (χ0) is 23.7. The Morgan fingerprint density at radius 3 is 1.72 bits per heavy atom. The molecule has 2 heteroatoms. The van der Waals surface area contributed by atoms with Crippen molar-refractivity contribution in [3.05, 3.63) is 113 Å². The molecule has 0 bridgehead atoms. The van der Waals surface area contributed by atoms with E-state index in [1.807, 2.05) is 36.4 Å². The van der Waals surface area contributed by atoms with Crippen LogP contribution in [-0.2, 0) is 0 Å². The molecule has 0 fully saturated rings. The molecule has 0 aromatic heterocycles. The molecule has 9 rings (SSSR count). The molecule has 0 spiro atoms. The Bertz CT molecular complexity index is 2100. The van der Waals surface area contributed by atoms with E-state index in [1.165, 1.54) is 11.1 Å². The highest BCUT2D eigenvalue weighted by Crippen LogP contribution is 2.50. The van der Waals surface area contributed by atoms with Crippen LogP contribution >= 0.6 is 0 Å². The number of hydrogen-bond donors (Lipinski definition) is 0. The van der Waals surface area contributed by atoms with Gasteiger partial charge in [0, 0.05) is 33.0 Å². The third-order valence-corrected chi connectivity index (χ3v) is 8.59. The first-order valence-corrected chi connectivity index (χ1v) is 12.5. The lowest BCUT2D eigenvalue weighted by atomic mass is 9.75. The van der Waals surface area contributed by atoms with Gasteiger partial charge in [0.1, 0.15) is 0 Å². The lowest BCUT2D eigenvalue weighted by Crippen LogP contribution is -2.14. The van der Waals surface area contributed by atoms with Gasteiger partial charge < -0.3 is 0 Å². The number of hydrogen-bond acceptors (Lipinski definition) is 2. The molecule has 6 aromatic rings. The molecule has 0 aliphatic heterocycles. The average molecular weight is 459 g/mol. The van der Waals surface area contributed by atoms with Crippen molar-refractivity contribution in [3.8, 4) is 11.1 Å². The van der Waals surface area contributed by atoms with Gasteiger partial charge in [0.2, 0.25) is 0 Å². The van der Waals surface area contributed by atoms with Crippen LogP contribution in [0.25, 0.3) is 59.8 Å². The molecule has 0 saturated heterocycles. The highest BCUT2D eigenvalue weighted by Gasteiger charge is 2.31. The summed E-state index contributed by atoms with van der Waals surface area (Å²) in [6.45, 7) is 0. The van der Waals surface area contributed by atoms with E-state index in [2.05, 4.69) is 48.5 Å². The maximum absolute atomic E-state index is 13.5. The Morgan fingerprint density at radius 2 is 1.03 bits per heavy atom. The molecule has 3 aliphatic carbocycles. The second kappa shape index (κ2) is 6.16. The molecule has 0 saturated carbocycles. The molecule has 2 nitrogen and oxygen atoms in total. The summed E-state index contributed by atoms with van der Waals surface area (Å²) in [5.74, 6) is 0.226. The lowest BCUT2D eigenvalue weighted by Gasteiger charge is -2.27. The molecule has 3 aliphatic rings. The molecule has 6 aromatic carbocycles. The average Bonchev–Trinajstić information content (AvgIpc) is 2.94. The fourth-order valence-corrected chi connectivity index (χ4v) is 7.11. The highest BCUT2D eigenvalue weighted by atomic mass is 16.1. The Balaban J connectivity index is 1.51. The van der Waals surface area contributed by atoms with Crippen molar-refractivity contribution >= 4 is 60.2 Å². The van der Waals surface area contributed by atoms with Crippen molar-refractivity contribution in [3.63, 3.8) is 0 Å². The minimum Gasteiger partial charge on any atom is -0.289 e. The minimum atomic E-state index is 0.0910. The molecule has 0 unspecified atom stereocenters. The van der Waals surface area contributed by atoms with E-state index in [0.717, 1.165) is 89.3 Å². The maximum atomic E-state index is 13.5. The standard InChI is InChI=1S/C34H18O2/c35-33-25-7-3-1-5-17(25)19-9-11-21-22-12-10-20-18-6-2-4-8-26(18)34(36)28-16-14-24(30(22)32(20)28)23-13-15-27(33)31(19)29(21)23/h1,3-5,7-16H,2,6H2. The smallest absolute Gasteiger partial charge is 0.194 e. The van der Waals surface area contributed by atoms with E-state index < -0.39 is 0 Å². The van der Waals surface area contributed by atoms with E-state index in [9.17, 15) is 9.59 Å². The van der Waals surface area contributed by atoms with Gasteiger partial charge in [-0.25, -0.2) is 0 Å². The fraction of sp³-hybridized carbons (Fsp3) is 0.0588. The Hall–Kier alpha value is -4.56. The van der Waals surface area contributed by atoms with Gasteiger partial charge in [-0.05, 0) is 79.6 Å². The van der Waals surface area contributed by atoms with Crippen molar-refractivity contribution in [2.75, 3.05) is 0 Å². The largest absolute Gasteiger partial charge is 0.289 e. The van der Waals surface area contributed by atoms with Gasteiger partial charge in [-0.2, -0.15) is 0 Å². The molecule has 0 heterocycles. The summed E-state index contributed by atoms with van der Waals surface area (Å²) in [4.78, 5) is 27.1. The number of carbonyl (C=O) groups excluding carboxylic acids is 2. The van der Waals surface area contributed by atoms with Crippen molar-refractivity contribution in [2.45, 2.75) is 12.8 Å². The van der Waals surface area contributed by atoms with Gasteiger partial charge in [0.25, 0.3) is 0 Å². The zero-order valence-corrected chi connectivity index (χ0v) is 19.3. The second-order valence-electron chi connectivity index (χ2n) is 10.2. The maximum Gasteiger partial charge on any atom is 0.194 e. The molecule has 0 radical (unpaired) electrons. The number of rotatable bonds is 0. The van der Waals surface area contributed by atoms with E-state index in [1.54, 1.807) is 0 Å². The van der Waals surface area contributed by atoms with E-state index >= 15 is 0 Å². The summed E-state index contributed by atoms with van der Waals surface area (Å²) in [5, 5.41) is 9.03. The highest BCUT2D eigenvalue weighted by molar-refractivity contribution is 6.41. The van der Waals surface area contributed by atoms with Gasteiger partial charge in [-0.1, -0.05) is 72.8 Å². The van der Waals surface area contributed by atoms with Crippen molar-refractivity contribution in [1.82, 2.24) is 0 Å². The Kier molecular flexibility index (Phi) is 3.21. The Morgan fingerprint density at radius 1 is 0.472 bits per heavy atom. The molecular formula is C34H18O2. The quantitative estimate of drug-likeness (QED) is 0.169. The predicted molar refractivity (Wildman–Crippen MR) is 146 cm³/mol. The third-order valence-electron chi connectivity index (χ3n) is 8.59. The molecule has 0 atom stereocenters.